The maximum atomic E-state index is 12.3. The van der Waals surface area contributed by atoms with E-state index >= 15 is 0 Å². The van der Waals surface area contributed by atoms with E-state index in [0.717, 1.165) is 42.1 Å². The summed E-state index contributed by atoms with van der Waals surface area (Å²) in [4.78, 5) is 12.3. The van der Waals surface area contributed by atoms with Crippen LogP contribution in [0.4, 0.5) is 0 Å². The molecule has 0 aromatic heterocycles. The fraction of sp³-hybridized carbons (Fsp3) is 0.588. The molecule has 1 aliphatic rings. The molecule has 116 valence electrons. The molecular weight excluding hydrogens is 352 g/mol. The predicted molar refractivity (Wildman–Crippen MR) is 89.6 cm³/mol. The topological polar surface area (TPSA) is 26.3 Å². The van der Waals surface area contributed by atoms with Gasteiger partial charge in [-0.2, -0.15) is 0 Å². The number of ether oxygens (including phenoxy) is 1. The lowest BCUT2D eigenvalue weighted by Gasteiger charge is -2.32. The third-order valence-electron chi connectivity index (χ3n) is 4.20. The van der Waals surface area contributed by atoms with E-state index in [0.29, 0.717) is 17.5 Å². The molecule has 4 heteroatoms. The van der Waals surface area contributed by atoms with Crippen molar-refractivity contribution in [2.75, 3.05) is 6.61 Å². The zero-order valence-corrected chi connectivity index (χ0v) is 14.8. The normalized spacial score (nSPS) is 16.3. The molecule has 0 spiro atoms. The first kappa shape index (κ1) is 16.8. The van der Waals surface area contributed by atoms with E-state index in [-0.39, 0.29) is 11.9 Å². The molecule has 0 radical (unpaired) electrons. The molecule has 1 fully saturated rings. The Balaban J connectivity index is 2.01. The molecule has 0 heterocycles. The van der Waals surface area contributed by atoms with Crippen LogP contribution >= 0.6 is 27.5 Å². The molecule has 1 aromatic rings. The Morgan fingerprint density at radius 2 is 2.24 bits per heavy atom. The maximum Gasteiger partial charge on any atom is 0.309 e. The van der Waals surface area contributed by atoms with Crippen LogP contribution in [0.25, 0.3) is 0 Å². The van der Waals surface area contributed by atoms with Gasteiger partial charge in [0.2, 0.25) is 0 Å². The molecule has 0 saturated heterocycles. The molecule has 0 amide bonds. The molecule has 0 N–H and O–H groups in total. The zero-order valence-electron chi connectivity index (χ0n) is 12.4. The van der Waals surface area contributed by atoms with Crippen LogP contribution in [0.15, 0.2) is 22.7 Å². The second-order valence-electron chi connectivity index (χ2n) is 5.77. The van der Waals surface area contributed by atoms with E-state index in [1.807, 2.05) is 18.2 Å². The number of hydrogen-bond acceptors (Lipinski definition) is 2. The van der Waals surface area contributed by atoms with Crippen molar-refractivity contribution >= 4 is 33.5 Å². The van der Waals surface area contributed by atoms with Gasteiger partial charge >= 0.3 is 5.97 Å². The molecule has 1 aromatic carbocycles. The number of esters is 1. The number of halogens is 2. The molecule has 1 saturated carbocycles. The van der Waals surface area contributed by atoms with Crippen LogP contribution in [0.2, 0.25) is 5.02 Å². The molecule has 1 atom stereocenters. The van der Waals surface area contributed by atoms with Gasteiger partial charge in [-0.3, -0.25) is 4.79 Å². The molecule has 2 rings (SSSR count). The van der Waals surface area contributed by atoms with Crippen molar-refractivity contribution in [2.45, 2.75) is 45.4 Å². The first-order chi connectivity index (χ1) is 10.1. The van der Waals surface area contributed by atoms with E-state index in [4.69, 9.17) is 16.3 Å². The van der Waals surface area contributed by atoms with E-state index < -0.39 is 0 Å². The van der Waals surface area contributed by atoms with E-state index in [1.54, 1.807) is 0 Å². The molecule has 21 heavy (non-hydrogen) atoms. The highest BCUT2D eigenvalue weighted by Crippen LogP contribution is 2.36. The number of carbonyl (C=O) groups excluding carboxylic acids is 1. The van der Waals surface area contributed by atoms with Gasteiger partial charge in [0, 0.05) is 4.47 Å². The van der Waals surface area contributed by atoms with E-state index in [1.165, 1.54) is 6.42 Å². The van der Waals surface area contributed by atoms with E-state index in [2.05, 4.69) is 22.9 Å². The number of unbranched alkanes of at least 4 members (excludes halogenated alkanes) is 1. The van der Waals surface area contributed by atoms with Gasteiger partial charge in [-0.05, 0) is 65.2 Å². The van der Waals surface area contributed by atoms with Crippen LogP contribution in [0.3, 0.4) is 0 Å². The molecule has 0 aliphatic heterocycles. The van der Waals surface area contributed by atoms with Crippen LogP contribution in [-0.2, 0) is 16.0 Å². The Bertz CT molecular complexity index is 486. The minimum absolute atomic E-state index is 0.0105. The van der Waals surface area contributed by atoms with Crippen molar-refractivity contribution < 1.29 is 9.53 Å². The van der Waals surface area contributed by atoms with Gasteiger partial charge < -0.3 is 4.74 Å². The summed E-state index contributed by atoms with van der Waals surface area (Å²) in [5.41, 5.74) is 1.13. The summed E-state index contributed by atoms with van der Waals surface area (Å²) in [6.45, 7) is 2.64. The number of benzene rings is 1. The lowest BCUT2D eigenvalue weighted by molar-refractivity contribution is -0.151. The average molecular weight is 374 g/mol. The first-order valence-electron chi connectivity index (χ1n) is 7.72. The third-order valence-corrected chi connectivity index (χ3v) is 5.42. The van der Waals surface area contributed by atoms with Crippen LogP contribution in [-0.4, -0.2) is 12.6 Å². The second-order valence-corrected chi connectivity index (χ2v) is 7.03. The quantitative estimate of drug-likeness (QED) is 0.472. The summed E-state index contributed by atoms with van der Waals surface area (Å²) in [7, 11) is 0. The SMILES string of the molecule is CCCCOC(=O)C(Cc1ccc(Cl)c(Br)c1)C1CCC1. The average Bonchev–Trinajstić information content (AvgIpc) is 2.40. The first-order valence-corrected chi connectivity index (χ1v) is 8.89. The minimum Gasteiger partial charge on any atom is -0.465 e. The summed E-state index contributed by atoms with van der Waals surface area (Å²) in [5.74, 6) is 0.441. The molecule has 1 unspecified atom stereocenters. The second kappa shape index (κ2) is 8.19. The summed E-state index contributed by atoms with van der Waals surface area (Å²) in [5, 5.41) is 0.699. The number of rotatable bonds is 7. The largest absolute Gasteiger partial charge is 0.465 e. The zero-order chi connectivity index (χ0) is 15.2. The van der Waals surface area contributed by atoms with Gasteiger partial charge in [0.05, 0.1) is 17.5 Å². The summed E-state index contributed by atoms with van der Waals surface area (Å²) < 4.78 is 6.33. The summed E-state index contributed by atoms with van der Waals surface area (Å²) in [6, 6.07) is 5.88. The number of hydrogen-bond donors (Lipinski definition) is 0. The standard InChI is InChI=1S/C17H22BrClO2/c1-2-3-9-21-17(20)14(13-5-4-6-13)10-12-7-8-16(19)15(18)11-12/h7-8,11,13-14H,2-6,9-10H2,1H3. The Hall–Kier alpha value is -0.540. The van der Waals surface area contributed by atoms with Crippen molar-refractivity contribution in [1.82, 2.24) is 0 Å². The maximum absolute atomic E-state index is 12.3. The van der Waals surface area contributed by atoms with Gasteiger partial charge in [-0.1, -0.05) is 37.4 Å². The highest BCUT2D eigenvalue weighted by Gasteiger charge is 2.33. The van der Waals surface area contributed by atoms with Gasteiger partial charge in [-0.15, -0.1) is 0 Å². The third kappa shape index (κ3) is 4.72. The molecule has 0 bridgehead atoms. The Labute approximate surface area is 140 Å². The summed E-state index contributed by atoms with van der Waals surface area (Å²) >= 11 is 9.47. The monoisotopic (exact) mass is 372 g/mol. The highest BCUT2D eigenvalue weighted by atomic mass is 79.9. The van der Waals surface area contributed by atoms with Crippen LogP contribution in [0.1, 0.15) is 44.6 Å². The van der Waals surface area contributed by atoms with Crippen LogP contribution in [0.5, 0.6) is 0 Å². The minimum atomic E-state index is -0.0285. The van der Waals surface area contributed by atoms with Gasteiger partial charge in [0.25, 0.3) is 0 Å². The lowest BCUT2D eigenvalue weighted by atomic mass is 9.73. The predicted octanol–water partition coefficient (Wildman–Crippen LogP) is 5.40. The lowest BCUT2D eigenvalue weighted by Crippen LogP contribution is -2.32. The fourth-order valence-corrected chi connectivity index (χ4v) is 3.17. The van der Waals surface area contributed by atoms with Crippen LogP contribution in [0, 0.1) is 11.8 Å². The Morgan fingerprint density at radius 3 is 2.81 bits per heavy atom. The van der Waals surface area contributed by atoms with E-state index in [9.17, 15) is 4.79 Å². The molecule has 2 nitrogen and oxygen atoms in total. The smallest absolute Gasteiger partial charge is 0.309 e. The highest BCUT2D eigenvalue weighted by molar-refractivity contribution is 9.10. The van der Waals surface area contributed by atoms with Crippen molar-refractivity contribution in [3.8, 4) is 0 Å². The molecular formula is C17H22BrClO2. The van der Waals surface area contributed by atoms with Crippen molar-refractivity contribution in [2.24, 2.45) is 11.8 Å². The Morgan fingerprint density at radius 1 is 1.48 bits per heavy atom. The van der Waals surface area contributed by atoms with Crippen LogP contribution < -0.4 is 0 Å². The fourth-order valence-electron chi connectivity index (χ4n) is 2.63. The van der Waals surface area contributed by atoms with Crippen molar-refractivity contribution in [1.29, 1.82) is 0 Å². The van der Waals surface area contributed by atoms with Gasteiger partial charge in [-0.25, -0.2) is 0 Å². The Kier molecular flexibility index (Phi) is 6.56. The van der Waals surface area contributed by atoms with Crippen molar-refractivity contribution in [3.05, 3.63) is 33.3 Å². The summed E-state index contributed by atoms with van der Waals surface area (Å²) in [6.07, 6.45) is 6.24. The molecule has 1 aliphatic carbocycles. The van der Waals surface area contributed by atoms with Gasteiger partial charge in [0.1, 0.15) is 0 Å². The van der Waals surface area contributed by atoms with Crippen molar-refractivity contribution in [3.63, 3.8) is 0 Å². The van der Waals surface area contributed by atoms with Gasteiger partial charge in [0.15, 0.2) is 0 Å². The number of carbonyl (C=O) groups is 1.